The maximum absolute atomic E-state index is 12.8. The van der Waals surface area contributed by atoms with E-state index in [4.69, 9.17) is 14.7 Å². The Kier molecular flexibility index (Phi) is 6.31. The molecule has 4 atom stereocenters. The predicted molar refractivity (Wildman–Crippen MR) is 131 cm³/mol. The second-order valence-corrected chi connectivity index (χ2v) is 8.83. The SMILES string of the molecule is CN(C)c1ccc(C(=O)N[C@@H]2CO[C@@H]3[C@@H]2OC[C@@H]3Nc2nccc(-c3cccc(C#N)c3)n2)cc1. The molecule has 2 aliphatic heterocycles. The summed E-state index contributed by atoms with van der Waals surface area (Å²) in [6, 6.07) is 18.3. The molecular weight excluding hydrogens is 444 g/mol. The van der Waals surface area contributed by atoms with E-state index < -0.39 is 0 Å². The van der Waals surface area contributed by atoms with E-state index >= 15 is 0 Å². The summed E-state index contributed by atoms with van der Waals surface area (Å²) in [4.78, 5) is 23.7. The van der Waals surface area contributed by atoms with Gasteiger partial charge in [-0.25, -0.2) is 9.97 Å². The molecule has 0 spiro atoms. The van der Waals surface area contributed by atoms with Crippen LogP contribution < -0.4 is 15.5 Å². The fourth-order valence-electron chi connectivity index (χ4n) is 4.41. The molecule has 2 saturated heterocycles. The molecule has 2 aromatic carbocycles. The molecule has 0 unspecified atom stereocenters. The van der Waals surface area contributed by atoms with Gasteiger partial charge in [0.25, 0.3) is 5.91 Å². The fourth-order valence-corrected chi connectivity index (χ4v) is 4.41. The molecule has 178 valence electrons. The third kappa shape index (κ3) is 4.80. The topological polar surface area (TPSA) is 112 Å². The van der Waals surface area contributed by atoms with Gasteiger partial charge in [0.15, 0.2) is 0 Å². The summed E-state index contributed by atoms with van der Waals surface area (Å²) in [5.41, 5.74) is 3.76. The van der Waals surface area contributed by atoms with Gasteiger partial charge in [0.05, 0.1) is 42.6 Å². The lowest BCUT2D eigenvalue weighted by Gasteiger charge is -2.19. The summed E-state index contributed by atoms with van der Waals surface area (Å²) in [5.74, 6) is 0.302. The second kappa shape index (κ2) is 9.70. The van der Waals surface area contributed by atoms with Gasteiger partial charge >= 0.3 is 0 Å². The molecule has 5 rings (SSSR count). The average molecular weight is 471 g/mol. The number of nitriles is 1. The minimum atomic E-state index is -0.256. The van der Waals surface area contributed by atoms with E-state index in [1.807, 2.05) is 55.4 Å². The summed E-state index contributed by atoms with van der Waals surface area (Å²) in [6.45, 7) is 0.785. The Morgan fingerprint density at radius 2 is 1.80 bits per heavy atom. The summed E-state index contributed by atoms with van der Waals surface area (Å²) < 4.78 is 12.0. The zero-order chi connectivity index (χ0) is 24.4. The Balaban J connectivity index is 1.22. The summed E-state index contributed by atoms with van der Waals surface area (Å²) in [7, 11) is 3.92. The number of aromatic nitrogens is 2. The molecule has 35 heavy (non-hydrogen) atoms. The van der Waals surface area contributed by atoms with Crippen LogP contribution in [0.25, 0.3) is 11.3 Å². The van der Waals surface area contributed by atoms with Crippen molar-refractivity contribution in [3.63, 3.8) is 0 Å². The molecule has 3 aromatic rings. The van der Waals surface area contributed by atoms with Crippen LogP contribution in [0, 0.1) is 11.3 Å². The normalized spacial score (nSPS) is 22.8. The second-order valence-electron chi connectivity index (χ2n) is 8.83. The van der Waals surface area contributed by atoms with Crippen molar-refractivity contribution in [2.45, 2.75) is 24.3 Å². The van der Waals surface area contributed by atoms with Crippen LogP contribution in [0.3, 0.4) is 0 Å². The first kappa shape index (κ1) is 22.8. The van der Waals surface area contributed by atoms with Gasteiger partial charge in [-0.1, -0.05) is 12.1 Å². The van der Waals surface area contributed by atoms with Crippen molar-refractivity contribution in [2.75, 3.05) is 37.5 Å². The number of amides is 1. The van der Waals surface area contributed by atoms with Crippen molar-refractivity contribution in [3.05, 3.63) is 71.9 Å². The zero-order valence-electron chi connectivity index (χ0n) is 19.5. The molecule has 2 fully saturated rings. The van der Waals surface area contributed by atoms with E-state index in [2.05, 4.69) is 26.7 Å². The predicted octanol–water partition coefficient (Wildman–Crippen LogP) is 2.46. The number of carbonyl (C=O) groups is 1. The quantitative estimate of drug-likeness (QED) is 0.565. The molecule has 0 radical (unpaired) electrons. The van der Waals surface area contributed by atoms with Crippen molar-refractivity contribution in [3.8, 4) is 17.3 Å². The molecule has 2 aliphatic rings. The Hall–Kier alpha value is -4.00. The van der Waals surface area contributed by atoms with E-state index in [1.165, 1.54) is 0 Å². The Labute approximate surface area is 203 Å². The average Bonchev–Trinajstić information content (AvgIpc) is 3.47. The van der Waals surface area contributed by atoms with Crippen LogP contribution >= 0.6 is 0 Å². The van der Waals surface area contributed by atoms with Gasteiger partial charge in [0.2, 0.25) is 5.95 Å². The monoisotopic (exact) mass is 470 g/mol. The van der Waals surface area contributed by atoms with Crippen LogP contribution in [0.1, 0.15) is 15.9 Å². The van der Waals surface area contributed by atoms with E-state index in [1.54, 1.807) is 24.4 Å². The van der Waals surface area contributed by atoms with E-state index in [0.29, 0.717) is 36.0 Å². The van der Waals surface area contributed by atoms with Crippen molar-refractivity contribution in [2.24, 2.45) is 0 Å². The lowest BCUT2D eigenvalue weighted by Crippen LogP contribution is -2.44. The lowest BCUT2D eigenvalue weighted by molar-refractivity contribution is 0.0652. The van der Waals surface area contributed by atoms with Gasteiger partial charge in [0.1, 0.15) is 12.2 Å². The largest absolute Gasteiger partial charge is 0.378 e. The van der Waals surface area contributed by atoms with Gasteiger partial charge < -0.3 is 25.0 Å². The molecule has 1 amide bonds. The number of ether oxygens (including phenoxy) is 2. The highest BCUT2D eigenvalue weighted by molar-refractivity contribution is 5.94. The highest BCUT2D eigenvalue weighted by atomic mass is 16.6. The molecule has 0 saturated carbocycles. The number of hydrogen-bond donors (Lipinski definition) is 2. The molecule has 9 heteroatoms. The van der Waals surface area contributed by atoms with Crippen LogP contribution in [0.5, 0.6) is 0 Å². The van der Waals surface area contributed by atoms with Crippen LogP contribution in [-0.2, 0) is 9.47 Å². The van der Waals surface area contributed by atoms with Crippen molar-refractivity contribution in [1.82, 2.24) is 15.3 Å². The van der Waals surface area contributed by atoms with Gasteiger partial charge in [-0.05, 0) is 42.5 Å². The van der Waals surface area contributed by atoms with E-state index in [-0.39, 0.29) is 30.2 Å². The molecule has 9 nitrogen and oxygen atoms in total. The summed E-state index contributed by atoms with van der Waals surface area (Å²) in [5, 5.41) is 15.5. The number of nitrogens with one attached hydrogen (secondary N) is 2. The zero-order valence-corrected chi connectivity index (χ0v) is 19.5. The van der Waals surface area contributed by atoms with Crippen molar-refractivity contribution < 1.29 is 14.3 Å². The first-order valence-corrected chi connectivity index (χ1v) is 11.4. The first-order valence-electron chi connectivity index (χ1n) is 11.4. The van der Waals surface area contributed by atoms with Gasteiger partial charge in [-0.3, -0.25) is 4.79 Å². The molecule has 3 heterocycles. The fraction of sp³-hybridized carbons (Fsp3) is 0.308. The van der Waals surface area contributed by atoms with Gasteiger partial charge in [0, 0.05) is 37.1 Å². The number of nitrogens with zero attached hydrogens (tertiary/aromatic N) is 4. The number of fused-ring (bicyclic) bond motifs is 1. The molecule has 0 aliphatic carbocycles. The van der Waals surface area contributed by atoms with Gasteiger partial charge in [-0.15, -0.1) is 0 Å². The Morgan fingerprint density at radius 3 is 2.54 bits per heavy atom. The number of rotatable bonds is 6. The summed E-state index contributed by atoms with van der Waals surface area (Å²) >= 11 is 0. The van der Waals surface area contributed by atoms with Crippen molar-refractivity contribution in [1.29, 1.82) is 5.26 Å². The van der Waals surface area contributed by atoms with Crippen molar-refractivity contribution >= 4 is 17.5 Å². The lowest BCUT2D eigenvalue weighted by atomic mass is 10.1. The molecular formula is C26H26N6O3. The third-order valence-corrected chi connectivity index (χ3v) is 6.27. The molecule has 0 bridgehead atoms. The molecule has 1 aromatic heterocycles. The smallest absolute Gasteiger partial charge is 0.251 e. The summed E-state index contributed by atoms with van der Waals surface area (Å²) in [6.07, 6.45) is 1.19. The van der Waals surface area contributed by atoms with Crippen LogP contribution in [-0.4, -0.2) is 67.5 Å². The number of benzene rings is 2. The standard InChI is InChI=1S/C26H26N6O3/c1-32(2)19-8-6-17(7-9-19)25(33)29-21-14-34-24-22(15-35-23(21)24)31-26-28-11-10-20(30-26)18-5-3-4-16(12-18)13-27/h3-12,21-24H,14-15H2,1-2H3,(H,29,33)(H,28,30,31)/t21-,22+,23-,24+/m1/s1. The highest BCUT2D eigenvalue weighted by Crippen LogP contribution is 2.29. The Morgan fingerprint density at radius 1 is 1.06 bits per heavy atom. The minimum absolute atomic E-state index is 0.151. The number of hydrogen-bond acceptors (Lipinski definition) is 8. The first-order chi connectivity index (χ1) is 17.0. The third-order valence-electron chi connectivity index (χ3n) is 6.27. The van der Waals surface area contributed by atoms with Crippen LogP contribution in [0.4, 0.5) is 11.6 Å². The van der Waals surface area contributed by atoms with Crippen LogP contribution in [0.15, 0.2) is 60.8 Å². The maximum Gasteiger partial charge on any atom is 0.251 e. The number of anilines is 2. The molecule has 2 N–H and O–H groups in total. The van der Waals surface area contributed by atoms with E-state index in [9.17, 15) is 4.79 Å². The highest BCUT2D eigenvalue weighted by Gasteiger charge is 2.48. The maximum atomic E-state index is 12.8. The van der Waals surface area contributed by atoms with Gasteiger partial charge in [-0.2, -0.15) is 5.26 Å². The van der Waals surface area contributed by atoms with E-state index in [0.717, 1.165) is 11.3 Å². The Bertz CT molecular complexity index is 1260. The minimum Gasteiger partial charge on any atom is -0.378 e. The van der Waals surface area contributed by atoms with Crippen LogP contribution in [0.2, 0.25) is 0 Å². The number of carbonyl (C=O) groups excluding carboxylic acids is 1.